The number of carbonyl (C=O) groups is 1. The van der Waals surface area contributed by atoms with Gasteiger partial charge < -0.3 is 10.2 Å². The molecule has 1 N–H and O–H groups in total. The number of amides is 1. The summed E-state index contributed by atoms with van der Waals surface area (Å²) in [6.45, 7) is 5.28. The molecule has 2 aromatic heterocycles. The number of carbonyl (C=O) groups excluding carboxylic acids is 1. The number of nitrogens with one attached hydrogen (secondary N) is 1. The van der Waals surface area contributed by atoms with E-state index in [1.165, 1.54) is 6.20 Å². The zero-order valence-corrected chi connectivity index (χ0v) is 12.7. The minimum absolute atomic E-state index is 0.340. The molecule has 1 aliphatic heterocycles. The van der Waals surface area contributed by atoms with Crippen molar-refractivity contribution in [3.63, 3.8) is 0 Å². The largest absolute Gasteiger partial charge is 0.357 e. The van der Waals surface area contributed by atoms with Gasteiger partial charge in [-0.2, -0.15) is 10.4 Å². The molecule has 0 aromatic carbocycles. The van der Waals surface area contributed by atoms with Crippen molar-refractivity contribution in [3.05, 3.63) is 24.0 Å². The van der Waals surface area contributed by atoms with Crippen LogP contribution in [-0.4, -0.2) is 39.1 Å². The molecule has 3 rings (SSSR count). The molecule has 7 nitrogen and oxygen atoms in total. The van der Waals surface area contributed by atoms with Gasteiger partial charge in [-0.1, -0.05) is 0 Å². The fourth-order valence-corrected chi connectivity index (χ4v) is 2.52. The van der Waals surface area contributed by atoms with E-state index < -0.39 is 5.54 Å². The van der Waals surface area contributed by atoms with Gasteiger partial charge in [0.15, 0.2) is 5.65 Å². The maximum absolute atomic E-state index is 12.4. The summed E-state index contributed by atoms with van der Waals surface area (Å²) in [6.07, 6.45) is 5.62. The smallest absolute Gasteiger partial charge is 0.257 e. The number of nitriles is 1. The van der Waals surface area contributed by atoms with Crippen molar-refractivity contribution < 1.29 is 4.79 Å². The molecule has 3 heterocycles. The summed E-state index contributed by atoms with van der Waals surface area (Å²) < 4.78 is 1.58. The van der Waals surface area contributed by atoms with Crippen LogP contribution in [0.3, 0.4) is 0 Å². The maximum Gasteiger partial charge on any atom is 0.257 e. The predicted molar refractivity (Wildman–Crippen MR) is 81.6 cm³/mol. The Morgan fingerprint density at radius 2 is 2.14 bits per heavy atom. The van der Waals surface area contributed by atoms with E-state index in [1.54, 1.807) is 18.4 Å². The molecular weight excluding hydrogens is 280 g/mol. The lowest BCUT2D eigenvalue weighted by Crippen LogP contribution is -2.42. The molecule has 1 aliphatic rings. The van der Waals surface area contributed by atoms with Crippen LogP contribution in [0, 0.1) is 11.3 Å². The monoisotopic (exact) mass is 298 g/mol. The average Bonchev–Trinajstić information content (AvgIpc) is 3.15. The van der Waals surface area contributed by atoms with E-state index in [9.17, 15) is 4.79 Å². The highest BCUT2D eigenvalue weighted by molar-refractivity contribution is 6.00. The first-order valence-electron chi connectivity index (χ1n) is 7.33. The number of aromatic nitrogens is 3. The standard InChI is InChI=1S/C15H18N6O/c1-15(2,10-16)19-14(22)11-9-17-21-8-5-12(18-13(11)21)20-6-3-4-7-20/h5,8-9H,3-4,6-7H2,1-2H3,(H,19,22). The van der Waals surface area contributed by atoms with Crippen molar-refractivity contribution >= 4 is 17.4 Å². The highest BCUT2D eigenvalue weighted by atomic mass is 16.1. The molecule has 7 heteroatoms. The summed E-state index contributed by atoms with van der Waals surface area (Å²) in [6, 6.07) is 3.96. The first-order chi connectivity index (χ1) is 10.5. The van der Waals surface area contributed by atoms with Gasteiger partial charge in [-0.05, 0) is 32.8 Å². The van der Waals surface area contributed by atoms with Crippen molar-refractivity contribution in [1.29, 1.82) is 5.26 Å². The fraction of sp³-hybridized carbons (Fsp3) is 0.467. The summed E-state index contributed by atoms with van der Waals surface area (Å²) in [7, 11) is 0. The third-order valence-corrected chi connectivity index (χ3v) is 3.73. The lowest BCUT2D eigenvalue weighted by atomic mass is 10.1. The molecule has 1 fully saturated rings. The minimum Gasteiger partial charge on any atom is -0.357 e. The molecule has 1 amide bonds. The van der Waals surface area contributed by atoms with E-state index in [4.69, 9.17) is 5.26 Å². The number of rotatable bonds is 3. The molecule has 0 radical (unpaired) electrons. The molecule has 0 aliphatic carbocycles. The van der Waals surface area contributed by atoms with Gasteiger partial charge in [0, 0.05) is 19.3 Å². The van der Waals surface area contributed by atoms with Gasteiger partial charge in [0.25, 0.3) is 5.91 Å². The van der Waals surface area contributed by atoms with Gasteiger partial charge in [0.2, 0.25) is 0 Å². The van der Waals surface area contributed by atoms with Crippen LogP contribution in [-0.2, 0) is 0 Å². The van der Waals surface area contributed by atoms with E-state index in [0.29, 0.717) is 11.2 Å². The zero-order chi connectivity index (χ0) is 15.7. The van der Waals surface area contributed by atoms with E-state index in [0.717, 1.165) is 31.7 Å². The Hall–Kier alpha value is -2.62. The van der Waals surface area contributed by atoms with Crippen molar-refractivity contribution in [2.24, 2.45) is 0 Å². The van der Waals surface area contributed by atoms with Crippen molar-refractivity contribution in [1.82, 2.24) is 19.9 Å². The van der Waals surface area contributed by atoms with Crippen LogP contribution < -0.4 is 10.2 Å². The number of hydrogen-bond acceptors (Lipinski definition) is 5. The normalized spacial score (nSPS) is 15.0. The highest BCUT2D eigenvalue weighted by Gasteiger charge is 2.23. The van der Waals surface area contributed by atoms with Gasteiger partial charge in [-0.3, -0.25) is 4.79 Å². The molecule has 0 unspecified atom stereocenters. The topological polar surface area (TPSA) is 86.3 Å². The summed E-state index contributed by atoms with van der Waals surface area (Å²) in [5, 5.41) is 15.9. The van der Waals surface area contributed by atoms with Crippen molar-refractivity contribution in [2.75, 3.05) is 18.0 Å². The second-order valence-electron chi connectivity index (χ2n) is 6.00. The average molecular weight is 298 g/mol. The Bertz CT molecular complexity index is 751. The first-order valence-corrected chi connectivity index (χ1v) is 7.33. The SMILES string of the molecule is CC(C)(C#N)NC(=O)c1cnn2ccc(N3CCCC3)nc12. The van der Waals surface area contributed by atoms with Crippen LogP contribution in [0.2, 0.25) is 0 Å². The molecule has 0 atom stereocenters. The molecule has 22 heavy (non-hydrogen) atoms. The van der Waals surface area contributed by atoms with Crippen molar-refractivity contribution in [2.45, 2.75) is 32.2 Å². The predicted octanol–water partition coefficient (Wildman–Crippen LogP) is 1.36. The number of nitrogens with zero attached hydrogens (tertiary/aromatic N) is 5. The Morgan fingerprint density at radius 3 is 2.82 bits per heavy atom. The lowest BCUT2D eigenvalue weighted by Gasteiger charge is -2.17. The minimum atomic E-state index is -0.933. The Morgan fingerprint density at radius 1 is 1.41 bits per heavy atom. The maximum atomic E-state index is 12.4. The second-order valence-corrected chi connectivity index (χ2v) is 6.00. The van der Waals surface area contributed by atoms with Crippen LogP contribution in [0.5, 0.6) is 0 Å². The van der Waals surface area contributed by atoms with Crippen LogP contribution in [0.4, 0.5) is 5.82 Å². The van der Waals surface area contributed by atoms with E-state index in [1.807, 2.05) is 12.3 Å². The van der Waals surface area contributed by atoms with Crippen molar-refractivity contribution in [3.8, 4) is 6.07 Å². The van der Waals surface area contributed by atoms with Crippen LogP contribution in [0.15, 0.2) is 18.5 Å². The van der Waals surface area contributed by atoms with E-state index >= 15 is 0 Å². The summed E-state index contributed by atoms with van der Waals surface area (Å²) in [5.41, 5.74) is -0.0437. The van der Waals surface area contributed by atoms with Crippen LogP contribution in [0.1, 0.15) is 37.0 Å². The molecule has 0 bridgehead atoms. The van der Waals surface area contributed by atoms with Gasteiger partial charge in [-0.15, -0.1) is 0 Å². The summed E-state index contributed by atoms with van der Waals surface area (Å²) in [5.74, 6) is 0.520. The van der Waals surface area contributed by atoms with Gasteiger partial charge in [-0.25, -0.2) is 9.50 Å². The van der Waals surface area contributed by atoms with Gasteiger partial charge in [0.1, 0.15) is 16.9 Å². The summed E-state index contributed by atoms with van der Waals surface area (Å²) >= 11 is 0. The Labute approximate surface area is 128 Å². The van der Waals surface area contributed by atoms with E-state index in [-0.39, 0.29) is 5.91 Å². The van der Waals surface area contributed by atoms with E-state index in [2.05, 4.69) is 26.4 Å². The molecule has 114 valence electrons. The quantitative estimate of drug-likeness (QED) is 0.924. The fourth-order valence-electron chi connectivity index (χ4n) is 2.52. The van der Waals surface area contributed by atoms with Crippen LogP contribution in [0.25, 0.3) is 5.65 Å². The van der Waals surface area contributed by atoms with Gasteiger partial charge >= 0.3 is 0 Å². The molecule has 0 saturated carbocycles. The number of anilines is 1. The third kappa shape index (κ3) is 2.60. The second kappa shape index (κ2) is 5.30. The number of fused-ring (bicyclic) bond motifs is 1. The molecule has 2 aromatic rings. The highest BCUT2D eigenvalue weighted by Crippen LogP contribution is 2.19. The van der Waals surface area contributed by atoms with Crippen LogP contribution >= 0.6 is 0 Å². The third-order valence-electron chi connectivity index (χ3n) is 3.73. The summed E-state index contributed by atoms with van der Waals surface area (Å²) in [4.78, 5) is 19.1. The Balaban J connectivity index is 1.94. The lowest BCUT2D eigenvalue weighted by molar-refractivity contribution is 0.0930. The van der Waals surface area contributed by atoms with Gasteiger partial charge in [0.05, 0.1) is 12.3 Å². The molecular formula is C15H18N6O. The zero-order valence-electron chi connectivity index (χ0n) is 12.7. The number of hydrogen-bond donors (Lipinski definition) is 1. The molecule has 1 saturated heterocycles. The first kappa shape index (κ1) is 14.3. The molecule has 0 spiro atoms. The Kier molecular flexibility index (Phi) is 3.45.